The molecule has 3 atom stereocenters. The summed E-state index contributed by atoms with van der Waals surface area (Å²) < 4.78 is 0. The van der Waals surface area contributed by atoms with Crippen molar-refractivity contribution in [3.8, 4) is 0 Å². The fraction of sp³-hybridized carbons (Fsp3) is 0.609. The van der Waals surface area contributed by atoms with Gasteiger partial charge in [0.15, 0.2) is 0 Å². The van der Waals surface area contributed by atoms with Gasteiger partial charge in [0.25, 0.3) is 0 Å². The maximum atomic E-state index is 13.3. The number of carbonyl (C=O) groups is 3. The molecule has 2 aliphatic heterocycles. The Kier molecular flexibility index (Phi) is 7.67. The zero-order valence-electron chi connectivity index (χ0n) is 18.6. The first-order valence-corrected chi connectivity index (χ1v) is 11.1. The van der Waals surface area contributed by atoms with Crippen LogP contribution in [0.15, 0.2) is 30.3 Å². The van der Waals surface area contributed by atoms with Crippen molar-refractivity contribution in [3.63, 3.8) is 0 Å². The molecule has 2 aliphatic rings. The van der Waals surface area contributed by atoms with Crippen LogP contribution in [0.5, 0.6) is 0 Å². The van der Waals surface area contributed by atoms with E-state index in [9.17, 15) is 19.6 Å². The molecule has 0 saturated carbocycles. The topological polar surface area (TPSA) is 102 Å². The fourth-order valence-corrected chi connectivity index (χ4v) is 4.76. The van der Waals surface area contributed by atoms with E-state index in [1.165, 1.54) is 5.56 Å². The Morgan fingerprint density at radius 3 is 2.39 bits per heavy atom. The van der Waals surface area contributed by atoms with Crippen LogP contribution in [0, 0.1) is 11.8 Å². The normalized spacial score (nSPS) is 24.7. The van der Waals surface area contributed by atoms with Gasteiger partial charge in [-0.1, -0.05) is 44.2 Å². The molecule has 170 valence electrons. The number of amides is 3. The molecule has 0 spiro atoms. The van der Waals surface area contributed by atoms with E-state index in [4.69, 9.17) is 0 Å². The summed E-state index contributed by atoms with van der Waals surface area (Å²) in [6.07, 6.45) is 2.09. The van der Waals surface area contributed by atoms with E-state index in [-0.39, 0.29) is 23.8 Å². The molecular formula is C23H34N4O4. The van der Waals surface area contributed by atoms with E-state index in [2.05, 4.69) is 17.4 Å². The van der Waals surface area contributed by atoms with Gasteiger partial charge in [0, 0.05) is 38.6 Å². The van der Waals surface area contributed by atoms with Gasteiger partial charge in [0.1, 0.15) is 0 Å². The maximum Gasteiger partial charge on any atom is 0.248 e. The molecule has 0 bridgehead atoms. The predicted molar refractivity (Wildman–Crippen MR) is 116 cm³/mol. The third-order valence-corrected chi connectivity index (χ3v) is 6.68. The minimum atomic E-state index is -0.745. The number of nitrogens with one attached hydrogen (secondary N) is 2. The van der Waals surface area contributed by atoms with Crippen LogP contribution >= 0.6 is 0 Å². The number of hydrogen-bond donors (Lipinski definition) is 3. The van der Waals surface area contributed by atoms with E-state index >= 15 is 0 Å². The molecule has 3 rings (SSSR count). The maximum absolute atomic E-state index is 13.3. The van der Waals surface area contributed by atoms with Crippen LogP contribution in [0.1, 0.15) is 44.6 Å². The van der Waals surface area contributed by atoms with Gasteiger partial charge in [-0.2, -0.15) is 0 Å². The van der Waals surface area contributed by atoms with Crippen LogP contribution < -0.4 is 10.8 Å². The lowest BCUT2D eigenvalue weighted by atomic mass is 9.84. The monoisotopic (exact) mass is 430 g/mol. The summed E-state index contributed by atoms with van der Waals surface area (Å²) in [5.74, 6) is -1.19. The largest absolute Gasteiger partial charge is 0.341 e. The van der Waals surface area contributed by atoms with Crippen molar-refractivity contribution in [1.82, 2.24) is 20.6 Å². The average Bonchev–Trinajstić information content (AvgIpc) is 2.82. The molecule has 2 heterocycles. The summed E-state index contributed by atoms with van der Waals surface area (Å²) in [4.78, 5) is 41.5. The quantitative estimate of drug-likeness (QED) is 0.484. The third kappa shape index (κ3) is 5.25. The predicted octanol–water partition coefficient (Wildman–Crippen LogP) is 1.36. The van der Waals surface area contributed by atoms with Gasteiger partial charge in [-0.25, -0.2) is 5.48 Å². The Bertz CT molecular complexity index is 777. The molecule has 2 saturated heterocycles. The summed E-state index contributed by atoms with van der Waals surface area (Å²) in [5.41, 5.74) is 3.00. The molecule has 2 fully saturated rings. The van der Waals surface area contributed by atoms with Crippen molar-refractivity contribution >= 4 is 17.7 Å². The summed E-state index contributed by atoms with van der Waals surface area (Å²) in [6, 6.07) is 9.40. The second-order valence-electron chi connectivity index (χ2n) is 8.97. The van der Waals surface area contributed by atoms with Crippen molar-refractivity contribution in [3.05, 3.63) is 35.9 Å². The van der Waals surface area contributed by atoms with Gasteiger partial charge in [-0.05, 0) is 30.7 Å². The molecule has 0 aromatic heterocycles. The van der Waals surface area contributed by atoms with Crippen LogP contribution in [0.4, 0.5) is 0 Å². The summed E-state index contributed by atoms with van der Waals surface area (Å²) in [6.45, 7) is 5.37. The van der Waals surface area contributed by atoms with Crippen LogP contribution in [0.3, 0.4) is 0 Å². The Balaban J connectivity index is 1.65. The Morgan fingerprint density at radius 2 is 1.81 bits per heavy atom. The standard InChI is InChI=1S/C23H34N4O4/c1-15(2)22(29)26(3)18-13-19(21(28)25-31)20(24-14-18)23(30)27-11-9-17(10-12-27)16-7-5-4-6-8-16/h4-8,15,17-20,24,31H,9-14H2,1-3H3,(H,25,28)/t18?,19-,20-/m0/s1. The van der Waals surface area contributed by atoms with Gasteiger partial charge in [0.2, 0.25) is 17.7 Å². The molecule has 3 amide bonds. The van der Waals surface area contributed by atoms with Crippen LogP contribution in [0.2, 0.25) is 0 Å². The summed E-state index contributed by atoms with van der Waals surface area (Å²) in [5, 5.41) is 12.4. The van der Waals surface area contributed by atoms with Crippen LogP contribution in [-0.2, 0) is 14.4 Å². The van der Waals surface area contributed by atoms with E-state index < -0.39 is 17.9 Å². The zero-order chi connectivity index (χ0) is 22.5. The first-order valence-electron chi connectivity index (χ1n) is 11.1. The number of nitrogens with zero attached hydrogens (tertiary/aromatic N) is 2. The number of benzene rings is 1. The highest BCUT2D eigenvalue weighted by Gasteiger charge is 2.43. The van der Waals surface area contributed by atoms with Crippen molar-refractivity contribution in [2.24, 2.45) is 11.8 Å². The minimum Gasteiger partial charge on any atom is -0.341 e. The molecular weight excluding hydrogens is 396 g/mol. The lowest BCUT2D eigenvalue weighted by Gasteiger charge is -2.42. The van der Waals surface area contributed by atoms with Crippen molar-refractivity contribution in [1.29, 1.82) is 0 Å². The smallest absolute Gasteiger partial charge is 0.248 e. The van der Waals surface area contributed by atoms with E-state index in [1.54, 1.807) is 17.4 Å². The number of hydrogen-bond acceptors (Lipinski definition) is 5. The summed E-state index contributed by atoms with van der Waals surface area (Å²) >= 11 is 0. The molecule has 3 N–H and O–H groups in total. The van der Waals surface area contributed by atoms with Crippen LogP contribution in [0.25, 0.3) is 0 Å². The van der Waals surface area contributed by atoms with Gasteiger partial charge >= 0.3 is 0 Å². The first kappa shape index (κ1) is 23.2. The first-order chi connectivity index (χ1) is 14.8. The number of carbonyl (C=O) groups excluding carboxylic acids is 3. The minimum absolute atomic E-state index is 0.0114. The van der Waals surface area contributed by atoms with Gasteiger partial charge in [-0.3, -0.25) is 19.6 Å². The Labute approximate surface area is 183 Å². The number of likely N-dealkylation sites (N-methyl/N-ethyl adjacent to an activating group) is 1. The molecule has 0 radical (unpaired) electrons. The number of hydroxylamine groups is 1. The van der Waals surface area contributed by atoms with Crippen molar-refractivity contribution in [2.75, 3.05) is 26.7 Å². The van der Waals surface area contributed by atoms with E-state index in [0.717, 1.165) is 12.8 Å². The fourth-order valence-electron chi connectivity index (χ4n) is 4.76. The van der Waals surface area contributed by atoms with Crippen LogP contribution in [-0.4, -0.2) is 71.5 Å². The van der Waals surface area contributed by atoms with Crippen molar-refractivity contribution < 1.29 is 19.6 Å². The summed E-state index contributed by atoms with van der Waals surface area (Å²) in [7, 11) is 1.72. The third-order valence-electron chi connectivity index (χ3n) is 6.68. The number of piperidine rings is 2. The Hall–Kier alpha value is -2.45. The SMILES string of the molecule is CC(C)C(=O)N(C)C1CN[C@H](C(=O)N2CCC(c3ccccc3)CC2)[C@@H](C(=O)NO)C1. The number of rotatable bonds is 5. The van der Waals surface area contributed by atoms with E-state index in [1.807, 2.05) is 36.9 Å². The highest BCUT2D eigenvalue weighted by molar-refractivity contribution is 5.90. The highest BCUT2D eigenvalue weighted by Crippen LogP contribution is 2.29. The van der Waals surface area contributed by atoms with Gasteiger partial charge in [0.05, 0.1) is 12.0 Å². The lowest BCUT2D eigenvalue weighted by molar-refractivity contribution is -0.147. The Morgan fingerprint density at radius 1 is 1.16 bits per heavy atom. The van der Waals surface area contributed by atoms with Gasteiger partial charge < -0.3 is 15.1 Å². The zero-order valence-corrected chi connectivity index (χ0v) is 18.6. The molecule has 1 aromatic carbocycles. The molecule has 8 nitrogen and oxygen atoms in total. The van der Waals surface area contributed by atoms with Crippen molar-refractivity contribution in [2.45, 2.75) is 51.1 Å². The lowest BCUT2D eigenvalue weighted by Crippen LogP contribution is -2.62. The second-order valence-corrected chi connectivity index (χ2v) is 8.97. The average molecular weight is 431 g/mol. The number of likely N-dealkylation sites (tertiary alicyclic amines) is 1. The molecule has 1 aromatic rings. The molecule has 31 heavy (non-hydrogen) atoms. The van der Waals surface area contributed by atoms with E-state index in [0.29, 0.717) is 32.0 Å². The molecule has 1 unspecified atom stereocenters. The molecule has 0 aliphatic carbocycles. The second kappa shape index (κ2) is 10.2. The van der Waals surface area contributed by atoms with Gasteiger partial charge in [-0.15, -0.1) is 0 Å². The highest BCUT2D eigenvalue weighted by atomic mass is 16.5. The molecule has 8 heteroatoms.